The Bertz CT molecular complexity index is 377. The molecule has 1 saturated heterocycles. The average Bonchev–Trinajstić information content (AvgIpc) is 2.52. The predicted molar refractivity (Wildman–Crippen MR) is 88.8 cm³/mol. The van der Waals surface area contributed by atoms with Gasteiger partial charge in [0.05, 0.1) is 13.2 Å². The van der Waals surface area contributed by atoms with Crippen molar-refractivity contribution in [2.75, 3.05) is 44.0 Å². The van der Waals surface area contributed by atoms with E-state index in [0.717, 1.165) is 44.6 Å². The second kappa shape index (κ2) is 8.55. The maximum absolute atomic E-state index is 5.39. The third-order valence-corrected chi connectivity index (χ3v) is 4.81. The number of hydrogen-bond acceptors (Lipinski definition) is 4. The molecular formula is C16H26N2OS. The fourth-order valence-electron chi connectivity index (χ4n) is 2.30. The molecule has 4 heteroatoms. The third kappa shape index (κ3) is 5.00. The first-order chi connectivity index (χ1) is 9.79. The number of anilines is 1. The SMILES string of the molecule is CSC(C)CCNCc1ccc(N2CCOCC2)cc1. The number of rotatable bonds is 7. The molecule has 0 aliphatic carbocycles. The van der Waals surface area contributed by atoms with Crippen molar-refractivity contribution in [1.29, 1.82) is 0 Å². The largest absolute Gasteiger partial charge is 0.378 e. The Kier molecular flexibility index (Phi) is 6.70. The number of morpholine rings is 1. The Balaban J connectivity index is 1.73. The lowest BCUT2D eigenvalue weighted by Gasteiger charge is -2.28. The predicted octanol–water partition coefficient (Wildman–Crippen LogP) is 2.75. The molecule has 3 nitrogen and oxygen atoms in total. The molecule has 1 aliphatic rings. The molecule has 1 N–H and O–H groups in total. The van der Waals surface area contributed by atoms with Crippen LogP contribution in [0.5, 0.6) is 0 Å². The number of nitrogens with zero attached hydrogens (tertiary/aromatic N) is 1. The van der Waals surface area contributed by atoms with Crippen LogP contribution in [0.25, 0.3) is 0 Å². The summed E-state index contributed by atoms with van der Waals surface area (Å²) in [6.45, 7) is 8.03. The van der Waals surface area contributed by atoms with Crippen LogP contribution in [0.15, 0.2) is 24.3 Å². The molecule has 0 aromatic heterocycles. The first-order valence-corrected chi connectivity index (χ1v) is 8.73. The Morgan fingerprint density at radius 2 is 1.95 bits per heavy atom. The molecular weight excluding hydrogens is 268 g/mol. The first kappa shape index (κ1) is 15.7. The van der Waals surface area contributed by atoms with E-state index in [1.54, 1.807) is 0 Å². The minimum atomic E-state index is 0.742. The van der Waals surface area contributed by atoms with Gasteiger partial charge >= 0.3 is 0 Å². The Morgan fingerprint density at radius 1 is 1.25 bits per heavy atom. The molecule has 1 aromatic rings. The smallest absolute Gasteiger partial charge is 0.0642 e. The van der Waals surface area contributed by atoms with Gasteiger partial charge in [0.25, 0.3) is 0 Å². The lowest BCUT2D eigenvalue weighted by Crippen LogP contribution is -2.36. The van der Waals surface area contributed by atoms with Gasteiger partial charge in [0, 0.05) is 30.6 Å². The molecule has 0 spiro atoms. The van der Waals surface area contributed by atoms with Crippen LogP contribution in [0.1, 0.15) is 18.9 Å². The monoisotopic (exact) mass is 294 g/mol. The highest BCUT2D eigenvalue weighted by Crippen LogP contribution is 2.16. The fourth-order valence-corrected chi connectivity index (χ4v) is 2.66. The van der Waals surface area contributed by atoms with Gasteiger partial charge in [-0.3, -0.25) is 0 Å². The van der Waals surface area contributed by atoms with Crippen LogP contribution in [-0.4, -0.2) is 44.4 Å². The van der Waals surface area contributed by atoms with E-state index < -0.39 is 0 Å². The van der Waals surface area contributed by atoms with Crippen molar-refractivity contribution in [2.45, 2.75) is 25.1 Å². The summed E-state index contributed by atoms with van der Waals surface area (Å²) in [5.74, 6) is 0. The van der Waals surface area contributed by atoms with Crippen LogP contribution >= 0.6 is 11.8 Å². The van der Waals surface area contributed by atoms with E-state index in [-0.39, 0.29) is 0 Å². The summed E-state index contributed by atoms with van der Waals surface area (Å²) in [6, 6.07) is 8.92. The zero-order chi connectivity index (χ0) is 14.2. The summed E-state index contributed by atoms with van der Waals surface area (Å²) in [4.78, 5) is 2.39. The van der Waals surface area contributed by atoms with Crippen LogP contribution in [-0.2, 0) is 11.3 Å². The number of ether oxygens (including phenoxy) is 1. The van der Waals surface area contributed by atoms with E-state index in [0.29, 0.717) is 0 Å². The maximum atomic E-state index is 5.39. The van der Waals surface area contributed by atoms with Crippen LogP contribution in [0.2, 0.25) is 0 Å². The van der Waals surface area contributed by atoms with Gasteiger partial charge in [-0.25, -0.2) is 0 Å². The molecule has 112 valence electrons. The molecule has 0 bridgehead atoms. The minimum Gasteiger partial charge on any atom is -0.378 e. The standard InChI is InChI=1S/C16H26N2OS/c1-14(20-2)7-8-17-13-15-3-5-16(6-4-15)18-9-11-19-12-10-18/h3-6,14,17H,7-13H2,1-2H3. The normalized spacial score (nSPS) is 17.2. The quantitative estimate of drug-likeness (QED) is 0.782. The van der Waals surface area contributed by atoms with E-state index in [9.17, 15) is 0 Å². The maximum Gasteiger partial charge on any atom is 0.0642 e. The molecule has 1 aliphatic heterocycles. The van der Waals surface area contributed by atoms with Crippen LogP contribution in [0.3, 0.4) is 0 Å². The molecule has 1 atom stereocenters. The van der Waals surface area contributed by atoms with Crippen LogP contribution in [0.4, 0.5) is 5.69 Å². The zero-order valence-corrected chi connectivity index (χ0v) is 13.4. The molecule has 1 fully saturated rings. The molecule has 20 heavy (non-hydrogen) atoms. The van der Waals surface area contributed by atoms with Gasteiger partial charge in [0.2, 0.25) is 0 Å². The average molecular weight is 294 g/mol. The summed E-state index contributed by atoms with van der Waals surface area (Å²) in [7, 11) is 0. The second-order valence-electron chi connectivity index (χ2n) is 5.28. The van der Waals surface area contributed by atoms with Crippen molar-refractivity contribution in [3.05, 3.63) is 29.8 Å². The van der Waals surface area contributed by atoms with Crippen LogP contribution in [0, 0.1) is 0 Å². The summed E-state index contributed by atoms with van der Waals surface area (Å²) in [5.41, 5.74) is 2.67. The van der Waals surface area contributed by atoms with Gasteiger partial charge in [-0.05, 0) is 36.9 Å². The number of nitrogens with one attached hydrogen (secondary N) is 1. The Hall–Kier alpha value is -0.710. The highest BCUT2D eigenvalue weighted by molar-refractivity contribution is 7.99. The summed E-state index contributed by atoms with van der Waals surface area (Å²) >= 11 is 1.93. The van der Waals surface area contributed by atoms with Crippen molar-refractivity contribution < 1.29 is 4.74 Å². The topological polar surface area (TPSA) is 24.5 Å². The van der Waals surface area contributed by atoms with Gasteiger partial charge in [0.15, 0.2) is 0 Å². The number of thioether (sulfide) groups is 1. The van der Waals surface area contributed by atoms with Crippen molar-refractivity contribution in [2.24, 2.45) is 0 Å². The number of benzene rings is 1. The molecule has 0 radical (unpaired) electrons. The lowest BCUT2D eigenvalue weighted by atomic mass is 10.2. The fraction of sp³-hybridized carbons (Fsp3) is 0.625. The zero-order valence-electron chi connectivity index (χ0n) is 12.6. The van der Waals surface area contributed by atoms with Crippen molar-refractivity contribution in [3.8, 4) is 0 Å². The van der Waals surface area contributed by atoms with E-state index in [1.807, 2.05) is 11.8 Å². The van der Waals surface area contributed by atoms with E-state index >= 15 is 0 Å². The van der Waals surface area contributed by atoms with Crippen molar-refractivity contribution in [3.63, 3.8) is 0 Å². The van der Waals surface area contributed by atoms with Gasteiger partial charge in [-0.2, -0.15) is 11.8 Å². The highest BCUT2D eigenvalue weighted by atomic mass is 32.2. The van der Waals surface area contributed by atoms with E-state index in [2.05, 4.69) is 47.7 Å². The van der Waals surface area contributed by atoms with Crippen LogP contribution < -0.4 is 10.2 Å². The van der Waals surface area contributed by atoms with Gasteiger partial charge in [-0.1, -0.05) is 19.1 Å². The lowest BCUT2D eigenvalue weighted by molar-refractivity contribution is 0.122. The minimum absolute atomic E-state index is 0.742. The van der Waals surface area contributed by atoms with Gasteiger partial charge in [0.1, 0.15) is 0 Å². The molecule has 1 aromatic carbocycles. The van der Waals surface area contributed by atoms with Gasteiger partial charge < -0.3 is 15.0 Å². The Labute approximate surface area is 127 Å². The highest BCUT2D eigenvalue weighted by Gasteiger charge is 2.10. The Morgan fingerprint density at radius 3 is 2.60 bits per heavy atom. The molecule has 0 saturated carbocycles. The first-order valence-electron chi connectivity index (χ1n) is 7.44. The van der Waals surface area contributed by atoms with Gasteiger partial charge in [-0.15, -0.1) is 0 Å². The summed E-state index contributed by atoms with van der Waals surface area (Å²) in [5, 5.41) is 4.26. The van der Waals surface area contributed by atoms with E-state index in [4.69, 9.17) is 4.74 Å². The molecule has 2 rings (SSSR count). The van der Waals surface area contributed by atoms with Crippen molar-refractivity contribution >= 4 is 17.4 Å². The molecule has 0 amide bonds. The number of hydrogen-bond donors (Lipinski definition) is 1. The molecule has 1 heterocycles. The third-order valence-electron chi connectivity index (χ3n) is 3.77. The summed E-state index contributed by atoms with van der Waals surface area (Å²) in [6.07, 6.45) is 3.40. The summed E-state index contributed by atoms with van der Waals surface area (Å²) < 4.78 is 5.39. The second-order valence-corrected chi connectivity index (χ2v) is 6.55. The molecule has 1 unspecified atom stereocenters. The van der Waals surface area contributed by atoms with Crippen molar-refractivity contribution in [1.82, 2.24) is 5.32 Å². The van der Waals surface area contributed by atoms with E-state index in [1.165, 1.54) is 17.7 Å².